The van der Waals surface area contributed by atoms with E-state index in [9.17, 15) is 0 Å². The minimum absolute atomic E-state index is 0. The van der Waals surface area contributed by atoms with E-state index in [2.05, 4.69) is 49.5 Å². The Morgan fingerprint density at radius 3 is 2.83 bits per heavy atom. The SMILES string of the molecule is Cc1csc2ccc(C3=C(CN(C)C)C[C@@H]4CC[C@@H]3C4)cc12.Cl. The molecule has 2 aromatic rings. The highest BCUT2D eigenvalue weighted by molar-refractivity contribution is 7.17. The maximum absolute atomic E-state index is 2.46. The maximum atomic E-state index is 2.46. The summed E-state index contributed by atoms with van der Waals surface area (Å²) in [5.74, 6) is 1.76. The second-order valence-corrected chi connectivity index (χ2v) is 8.38. The lowest BCUT2D eigenvalue weighted by atomic mass is 9.79. The van der Waals surface area contributed by atoms with Crippen LogP contribution in [0.5, 0.6) is 0 Å². The molecule has 0 aliphatic heterocycles. The molecule has 0 unspecified atom stereocenters. The first-order valence-electron chi connectivity index (χ1n) is 8.46. The zero-order valence-electron chi connectivity index (χ0n) is 14.3. The number of aryl methyl sites for hydroxylation is 1. The highest BCUT2D eigenvalue weighted by Crippen LogP contribution is 2.49. The quantitative estimate of drug-likeness (QED) is 0.681. The maximum Gasteiger partial charge on any atom is 0.0345 e. The topological polar surface area (TPSA) is 3.24 Å². The summed E-state index contributed by atoms with van der Waals surface area (Å²) in [4.78, 5) is 2.34. The summed E-state index contributed by atoms with van der Waals surface area (Å²) in [5.41, 5.74) is 6.32. The van der Waals surface area contributed by atoms with Gasteiger partial charge >= 0.3 is 0 Å². The highest BCUT2D eigenvalue weighted by atomic mass is 35.5. The van der Waals surface area contributed by atoms with Gasteiger partial charge in [0.15, 0.2) is 0 Å². The Bertz CT molecular complexity index is 743. The normalized spacial score (nSPS) is 23.7. The molecule has 0 amide bonds. The van der Waals surface area contributed by atoms with Crippen molar-refractivity contribution in [2.24, 2.45) is 11.8 Å². The Morgan fingerprint density at radius 2 is 2.04 bits per heavy atom. The molecule has 1 aromatic heterocycles. The number of benzene rings is 1. The first-order chi connectivity index (χ1) is 10.6. The van der Waals surface area contributed by atoms with Gasteiger partial charge in [0.25, 0.3) is 0 Å². The van der Waals surface area contributed by atoms with Crippen LogP contribution < -0.4 is 0 Å². The number of fused-ring (bicyclic) bond motifs is 3. The number of allylic oxidation sites excluding steroid dienone is 1. The molecule has 1 fully saturated rings. The van der Waals surface area contributed by atoms with Gasteiger partial charge in [-0.2, -0.15) is 0 Å². The molecule has 3 heteroatoms. The molecule has 4 rings (SSSR count). The van der Waals surface area contributed by atoms with E-state index < -0.39 is 0 Å². The van der Waals surface area contributed by atoms with Crippen LogP contribution in [0.4, 0.5) is 0 Å². The van der Waals surface area contributed by atoms with Crippen LogP contribution in [0.3, 0.4) is 0 Å². The molecule has 0 spiro atoms. The van der Waals surface area contributed by atoms with Crippen molar-refractivity contribution in [3.05, 3.63) is 40.3 Å². The van der Waals surface area contributed by atoms with Gasteiger partial charge in [-0.1, -0.05) is 11.6 Å². The monoisotopic (exact) mass is 347 g/mol. The third-order valence-electron chi connectivity index (χ3n) is 5.45. The molecule has 23 heavy (non-hydrogen) atoms. The number of likely N-dealkylation sites (N-methyl/N-ethyl adjacent to an activating group) is 1. The molecule has 2 bridgehead atoms. The molecule has 2 atom stereocenters. The lowest BCUT2D eigenvalue weighted by Gasteiger charge is -2.29. The number of hydrogen-bond acceptors (Lipinski definition) is 2. The van der Waals surface area contributed by atoms with Gasteiger partial charge in [0, 0.05) is 11.2 Å². The zero-order valence-corrected chi connectivity index (χ0v) is 15.9. The minimum Gasteiger partial charge on any atom is -0.305 e. The predicted octanol–water partition coefficient (Wildman–Crippen LogP) is 5.77. The van der Waals surface area contributed by atoms with Crippen LogP contribution >= 0.6 is 23.7 Å². The van der Waals surface area contributed by atoms with Crippen LogP contribution in [-0.2, 0) is 0 Å². The molecular formula is C20H26ClNS. The molecule has 0 N–H and O–H groups in total. The van der Waals surface area contributed by atoms with Gasteiger partial charge in [0.1, 0.15) is 0 Å². The van der Waals surface area contributed by atoms with E-state index >= 15 is 0 Å². The van der Waals surface area contributed by atoms with Gasteiger partial charge in [0.2, 0.25) is 0 Å². The van der Waals surface area contributed by atoms with E-state index in [1.165, 1.54) is 46.9 Å². The van der Waals surface area contributed by atoms with Crippen LogP contribution in [0.15, 0.2) is 29.2 Å². The molecule has 2 aliphatic carbocycles. The van der Waals surface area contributed by atoms with E-state index in [1.54, 1.807) is 11.1 Å². The van der Waals surface area contributed by atoms with Gasteiger partial charge in [-0.3, -0.25) is 0 Å². The van der Waals surface area contributed by atoms with Crippen LogP contribution in [0.25, 0.3) is 15.7 Å². The summed E-state index contributed by atoms with van der Waals surface area (Å²) in [5, 5.41) is 3.75. The Kier molecular flexibility index (Phi) is 4.87. The Labute approximate surface area is 149 Å². The number of thiophene rings is 1. The molecule has 2 aliphatic rings. The molecule has 1 heterocycles. The summed E-state index contributed by atoms with van der Waals surface area (Å²) < 4.78 is 1.43. The molecule has 0 radical (unpaired) electrons. The van der Waals surface area contributed by atoms with Gasteiger partial charge in [0.05, 0.1) is 0 Å². The molecule has 124 valence electrons. The van der Waals surface area contributed by atoms with Crippen LogP contribution in [0, 0.1) is 18.8 Å². The number of rotatable bonds is 3. The van der Waals surface area contributed by atoms with E-state index in [0.29, 0.717) is 0 Å². The average molecular weight is 348 g/mol. The fourth-order valence-electron chi connectivity index (χ4n) is 4.56. The first kappa shape index (κ1) is 17.0. The van der Waals surface area contributed by atoms with Gasteiger partial charge in [-0.05, 0) is 98.1 Å². The van der Waals surface area contributed by atoms with Crippen LogP contribution in [0.2, 0.25) is 0 Å². The van der Waals surface area contributed by atoms with E-state index in [0.717, 1.165) is 18.4 Å². The lowest BCUT2D eigenvalue weighted by Crippen LogP contribution is -2.21. The van der Waals surface area contributed by atoms with Crippen LogP contribution in [-0.4, -0.2) is 25.5 Å². The second kappa shape index (κ2) is 6.58. The van der Waals surface area contributed by atoms with E-state index in [-0.39, 0.29) is 12.4 Å². The third kappa shape index (κ3) is 3.09. The predicted molar refractivity (Wildman–Crippen MR) is 105 cm³/mol. The lowest BCUT2D eigenvalue weighted by molar-refractivity contribution is 0.413. The van der Waals surface area contributed by atoms with Crippen molar-refractivity contribution in [3.63, 3.8) is 0 Å². The van der Waals surface area contributed by atoms with Crippen molar-refractivity contribution in [1.29, 1.82) is 0 Å². The summed E-state index contributed by atoms with van der Waals surface area (Å²) in [6.07, 6.45) is 5.58. The van der Waals surface area contributed by atoms with Gasteiger partial charge in [-0.25, -0.2) is 0 Å². The Balaban J connectivity index is 0.00000156. The number of hydrogen-bond donors (Lipinski definition) is 0. The van der Waals surface area contributed by atoms with Gasteiger partial charge in [-0.15, -0.1) is 23.7 Å². The summed E-state index contributed by atoms with van der Waals surface area (Å²) in [6.45, 7) is 3.37. The summed E-state index contributed by atoms with van der Waals surface area (Å²) in [7, 11) is 4.40. The molecule has 1 aromatic carbocycles. The van der Waals surface area contributed by atoms with Crippen molar-refractivity contribution in [2.75, 3.05) is 20.6 Å². The van der Waals surface area contributed by atoms with Crippen molar-refractivity contribution >= 4 is 39.4 Å². The Hall–Kier alpha value is -0.830. The standard InChI is InChI=1S/C20H25NS.ClH/c1-13-12-22-19-7-6-16(10-18(13)19)20-15-5-4-14(8-15)9-17(20)11-21(2)3;/h6-7,10,12,14-15H,4-5,8-9,11H2,1-3H3;1H/t14-,15-;/m1./s1. The van der Waals surface area contributed by atoms with Crippen LogP contribution in [0.1, 0.15) is 36.8 Å². The summed E-state index contributed by atoms with van der Waals surface area (Å²) >= 11 is 1.87. The van der Waals surface area contributed by atoms with E-state index in [1.807, 2.05) is 11.3 Å². The minimum atomic E-state index is 0. The molecular weight excluding hydrogens is 322 g/mol. The van der Waals surface area contributed by atoms with Crippen molar-refractivity contribution < 1.29 is 0 Å². The van der Waals surface area contributed by atoms with Gasteiger partial charge < -0.3 is 4.90 Å². The Morgan fingerprint density at radius 1 is 1.22 bits per heavy atom. The zero-order chi connectivity index (χ0) is 15.3. The number of halogens is 1. The highest BCUT2D eigenvalue weighted by Gasteiger charge is 2.35. The molecule has 1 nitrogen and oxygen atoms in total. The smallest absolute Gasteiger partial charge is 0.0345 e. The second-order valence-electron chi connectivity index (χ2n) is 7.46. The van der Waals surface area contributed by atoms with Crippen molar-refractivity contribution in [1.82, 2.24) is 4.90 Å². The molecule has 1 saturated carbocycles. The third-order valence-corrected chi connectivity index (χ3v) is 6.53. The van der Waals surface area contributed by atoms with Crippen molar-refractivity contribution in [2.45, 2.75) is 32.6 Å². The summed E-state index contributed by atoms with van der Waals surface area (Å²) in [6, 6.07) is 7.18. The first-order valence-corrected chi connectivity index (χ1v) is 9.34. The van der Waals surface area contributed by atoms with E-state index in [4.69, 9.17) is 0 Å². The number of nitrogens with zero attached hydrogens (tertiary/aromatic N) is 1. The fourth-order valence-corrected chi connectivity index (χ4v) is 5.49. The fraction of sp³-hybridized carbons (Fsp3) is 0.500. The largest absolute Gasteiger partial charge is 0.305 e. The molecule has 0 saturated heterocycles. The van der Waals surface area contributed by atoms with Crippen molar-refractivity contribution in [3.8, 4) is 0 Å². The average Bonchev–Trinajstić information content (AvgIpc) is 3.03.